The molecule has 4 rings (SSSR count). The van der Waals surface area contributed by atoms with Gasteiger partial charge < -0.3 is 5.32 Å². The number of aromatic nitrogens is 4. The number of sulfonamides is 1. The van der Waals surface area contributed by atoms with E-state index in [1.165, 1.54) is 27.4 Å². The third kappa shape index (κ3) is 3.96. The van der Waals surface area contributed by atoms with Gasteiger partial charge in [-0.25, -0.2) is 13.1 Å². The summed E-state index contributed by atoms with van der Waals surface area (Å²) in [5, 5.41) is 13.9. The topological polar surface area (TPSA) is 110 Å². The van der Waals surface area contributed by atoms with Crippen LogP contribution < -0.4 is 5.32 Å². The normalized spacial score (nSPS) is 15.1. The van der Waals surface area contributed by atoms with Gasteiger partial charge in [-0.15, -0.1) is 5.10 Å². The Morgan fingerprint density at radius 3 is 2.53 bits per heavy atom. The van der Waals surface area contributed by atoms with E-state index in [9.17, 15) is 13.2 Å². The second kappa shape index (κ2) is 8.33. The van der Waals surface area contributed by atoms with Crippen molar-refractivity contribution in [3.63, 3.8) is 0 Å². The van der Waals surface area contributed by atoms with Crippen LogP contribution in [0.25, 0.3) is 5.69 Å². The minimum atomic E-state index is -3.73. The lowest BCUT2D eigenvalue weighted by molar-refractivity contribution is 0.102. The number of rotatable bonds is 5. The van der Waals surface area contributed by atoms with Crippen molar-refractivity contribution in [2.45, 2.75) is 31.1 Å². The van der Waals surface area contributed by atoms with Crippen LogP contribution in [0.3, 0.4) is 0 Å². The number of hydrogen-bond donors (Lipinski definition) is 1. The number of tetrazole rings is 1. The largest absolute Gasteiger partial charge is 0.322 e. The minimum absolute atomic E-state index is 0.0337. The fourth-order valence-corrected chi connectivity index (χ4v) is 5.29. The summed E-state index contributed by atoms with van der Waals surface area (Å²) in [5.74, 6) is -0.472. The first kappa shape index (κ1) is 20.2. The molecule has 1 aliphatic rings. The van der Waals surface area contributed by atoms with Gasteiger partial charge in [0.2, 0.25) is 10.0 Å². The van der Waals surface area contributed by atoms with Crippen molar-refractivity contribution in [1.29, 1.82) is 0 Å². The zero-order valence-electron chi connectivity index (χ0n) is 16.5. The lowest BCUT2D eigenvalue weighted by atomic mass is 10.1. The number of nitrogens with one attached hydrogen (secondary N) is 1. The van der Waals surface area contributed by atoms with Gasteiger partial charge in [0.05, 0.1) is 16.1 Å². The molecule has 0 saturated carbocycles. The zero-order chi connectivity index (χ0) is 21.1. The molecular weight excluding hydrogens is 404 g/mol. The molecule has 2 aromatic carbocycles. The Bertz CT molecular complexity index is 1160. The van der Waals surface area contributed by atoms with Crippen molar-refractivity contribution in [1.82, 2.24) is 24.5 Å². The standard InChI is InChI=1S/C20H22N6O3S/c1-15-13-16(9-10-18(15)26-14-21-23-24-26)22-20(27)17-7-3-4-8-19(17)30(28,29)25-11-5-2-6-12-25/h3-4,7-10,13-14H,2,5-6,11-12H2,1H3,(H,22,27). The molecule has 3 aromatic rings. The lowest BCUT2D eigenvalue weighted by Crippen LogP contribution is -2.36. The summed E-state index contributed by atoms with van der Waals surface area (Å²) in [5.41, 5.74) is 2.32. The van der Waals surface area contributed by atoms with Crippen LogP contribution in [0.15, 0.2) is 53.7 Å². The van der Waals surface area contributed by atoms with E-state index in [0.29, 0.717) is 18.8 Å². The summed E-state index contributed by atoms with van der Waals surface area (Å²) in [6.45, 7) is 2.84. The molecule has 1 N–H and O–H groups in total. The fraction of sp³-hybridized carbons (Fsp3) is 0.300. The average Bonchev–Trinajstić information content (AvgIpc) is 3.29. The fourth-order valence-electron chi connectivity index (χ4n) is 3.58. The van der Waals surface area contributed by atoms with Crippen LogP contribution in [0, 0.1) is 6.92 Å². The van der Waals surface area contributed by atoms with E-state index in [4.69, 9.17) is 0 Å². The smallest absolute Gasteiger partial charge is 0.257 e. The minimum Gasteiger partial charge on any atom is -0.322 e. The van der Waals surface area contributed by atoms with Crippen molar-refractivity contribution in [3.05, 3.63) is 59.9 Å². The molecule has 0 atom stereocenters. The van der Waals surface area contributed by atoms with Gasteiger partial charge in [-0.1, -0.05) is 18.6 Å². The molecule has 0 radical (unpaired) electrons. The highest BCUT2D eigenvalue weighted by Gasteiger charge is 2.29. The summed E-state index contributed by atoms with van der Waals surface area (Å²) in [6, 6.07) is 11.6. The molecule has 0 aliphatic carbocycles. The molecule has 9 nitrogen and oxygen atoms in total. The molecule has 1 saturated heterocycles. The highest BCUT2D eigenvalue weighted by atomic mass is 32.2. The molecule has 0 spiro atoms. The summed E-state index contributed by atoms with van der Waals surface area (Å²) in [4.78, 5) is 13.0. The van der Waals surface area contributed by atoms with Gasteiger partial charge in [-0.05, 0) is 66.1 Å². The maximum absolute atomic E-state index is 13.1. The van der Waals surface area contributed by atoms with E-state index in [-0.39, 0.29) is 10.5 Å². The van der Waals surface area contributed by atoms with Crippen LogP contribution in [0.2, 0.25) is 0 Å². The highest BCUT2D eigenvalue weighted by Crippen LogP contribution is 2.25. The van der Waals surface area contributed by atoms with Crippen LogP contribution in [-0.4, -0.2) is 51.9 Å². The van der Waals surface area contributed by atoms with Crippen LogP contribution in [0.5, 0.6) is 0 Å². The van der Waals surface area contributed by atoms with Crippen LogP contribution in [0.1, 0.15) is 35.2 Å². The molecule has 1 aromatic heterocycles. The molecule has 10 heteroatoms. The average molecular weight is 427 g/mol. The van der Waals surface area contributed by atoms with Gasteiger partial charge in [0.15, 0.2) is 0 Å². The zero-order valence-corrected chi connectivity index (χ0v) is 17.3. The number of benzene rings is 2. The van der Waals surface area contributed by atoms with Crippen molar-refractivity contribution in [3.8, 4) is 5.69 Å². The van der Waals surface area contributed by atoms with Gasteiger partial charge in [-0.2, -0.15) is 4.31 Å². The van der Waals surface area contributed by atoms with Gasteiger partial charge in [0.25, 0.3) is 5.91 Å². The molecule has 1 amide bonds. The SMILES string of the molecule is Cc1cc(NC(=O)c2ccccc2S(=O)(=O)N2CCCCC2)ccc1-n1cnnn1. The number of carbonyl (C=O) groups excluding carboxylic acids is 1. The highest BCUT2D eigenvalue weighted by molar-refractivity contribution is 7.89. The molecule has 156 valence electrons. The molecule has 1 aliphatic heterocycles. The molecule has 0 unspecified atom stereocenters. The quantitative estimate of drug-likeness (QED) is 0.671. The van der Waals surface area contributed by atoms with Crippen molar-refractivity contribution >= 4 is 21.6 Å². The predicted octanol–water partition coefficient (Wildman–Crippen LogP) is 2.40. The number of aryl methyl sites for hydroxylation is 1. The first-order chi connectivity index (χ1) is 14.5. The Hall–Kier alpha value is -3.11. The number of nitrogens with zero attached hydrogens (tertiary/aromatic N) is 5. The third-order valence-corrected chi connectivity index (χ3v) is 7.07. The Kier molecular flexibility index (Phi) is 5.60. The number of amides is 1. The summed E-state index contributed by atoms with van der Waals surface area (Å²) >= 11 is 0. The molecular formula is C20H22N6O3S. The van der Waals surface area contributed by atoms with E-state index in [1.54, 1.807) is 30.3 Å². The Balaban J connectivity index is 1.60. The Labute approximate surface area is 174 Å². The van der Waals surface area contributed by atoms with E-state index >= 15 is 0 Å². The van der Waals surface area contributed by atoms with E-state index < -0.39 is 15.9 Å². The predicted molar refractivity (Wildman–Crippen MR) is 111 cm³/mol. The summed E-state index contributed by atoms with van der Waals surface area (Å²) in [7, 11) is -3.73. The van der Waals surface area contributed by atoms with E-state index in [1.807, 2.05) is 6.92 Å². The van der Waals surface area contributed by atoms with E-state index in [0.717, 1.165) is 30.5 Å². The number of hydrogen-bond acceptors (Lipinski definition) is 6. The van der Waals surface area contributed by atoms with Crippen LogP contribution in [-0.2, 0) is 10.0 Å². The molecule has 0 bridgehead atoms. The molecule has 30 heavy (non-hydrogen) atoms. The summed E-state index contributed by atoms with van der Waals surface area (Å²) < 4.78 is 29.2. The van der Waals surface area contributed by atoms with Crippen LogP contribution in [0.4, 0.5) is 5.69 Å². The maximum atomic E-state index is 13.1. The van der Waals surface area contributed by atoms with Gasteiger partial charge in [0, 0.05) is 18.8 Å². The Morgan fingerprint density at radius 2 is 1.83 bits per heavy atom. The third-order valence-electron chi connectivity index (χ3n) is 5.12. The number of anilines is 1. The van der Waals surface area contributed by atoms with E-state index in [2.05, 4.69) is 20.8 Å². The summed E-state index contributed by atoms with van der Waals surface area (Å²) in [6.07, 6.45) is 4.18. The van der Waals surface area contributed by atoms with Crippen molar-refractivity contribution in [2.24, 2.45) is 0 Å². The van der Waals surface area contributed by atoms with Crippen molar-refractivity contribution in [2.75, 3.05) is 18.4 Å². The lowest BCUT2D eigenvalue weighted by Gasteiger charge is -2.26. The van der Waals surface area contributed by atoms with Gasteiger partial charge >= 0.3 is 0 Å². The first-order valence-corrected chi connectivity index (χ1v) is 11.2. The second-order valence-corrected chi connectivity index (χ2v) is 9.08. The monoisotopic (exact) mass is 426 g/mol. The van der Waals surface area contributed by atoms with Crippen molar-refractivity contribution < 1.29 is 13.2 Å². The Morgan fingerprint density at radius 1 is 1.07 bits per heavy atom. The molecule has 1 fully saturated rings. The second-order valence-electron chi connectivity index (χ2n) is 7.17. The van der Waals surface area contributed by atoms with Gasteiger partial charge in [0.1, 0.15) is 6.33 Å². The number of piperidine rings is 1. The van der Waals surface area contributed by atoms with Gasteiger partial charge in [-0.3, -0.25) is 4.79 Å². The number of carbonyl (C=O) groups is 1. The first-order valence-electron chi connectivity index (χ1n) is 9.71. The van der Waals surface area contributed by atoms with Crippen LogP contribution >= 0.6 is 0 Å². The maximum Gasteiger partial charge on any atom is 0.257 e. The molecule has 2 heterocycles.